The van der Waals surface area contributed by atoms with Gasteiger partial charge in [0.1, 0.15) is 12.0 Å². The molecule has 0 saturated heterocycles. The maximum Gasteiger partial charge on any atom is 0.162 e. The Kier molecular flexibility index (Phi) is 14.9. The molecular formula is C42H52IrN3O2S-. The second-order valence-corrected chi connectivity index (χ2v) is 15.0. The van der Waals surface area contributed by atoms with Crippen LogP contribution in [-0.2, 0) is 36.7 Å². The Morgan fingerprint density at radius 1 is 0.898 bits per heavy atom. The van der Waals surface area contributed by atoms with Crippen molar-refractivity contribution in [1.82, 2.24) is 15.0 Å². The van der Waals surface area contributed by atoms with Gasteiger partial charge in [0.05, 0.1) is 16.2 Å². The van der Waals surface area contributed by atoms with Crippen LogP contribution in [0.4, 0.5) is 0 Å². The maximum atomic E-state index is 11.7. The summed E-state index contributed by atoms with van der Waals surface area (Å²) in [5.74, 6) is 1.16. The standard InChI is InChI=1S/C29H28N3S.C13H24O2.Ir/c1-18(2)12-21-16-33-28-23(21)10-11-30-27(28)26-15-25(31-17-32-26)20-13-19-8-6-7-9-22(19)24(14-20)29(3,4)5;1-5-10(6-2)12(14)9-13(15)11(7-3)8-4;/h6-11,14-18H,12H2,1-5H3;9-11,14H,5-8H2,1-4H3;/q-1;;/b;12-9-;. The van der Waals surface area contributed by atoms with E-state index >= 15 is 0 Å². The summed E-state index contributed by atoms with van der Waals surface area (Å²) < 4.78 is 1.19. The summed E-state index contributed by atoms with van der Waals surface area (Å²) in [6.45, 7) is 19.3. The monoisotopic (exact) mass is 855 g/mol. The van der Waals surface area contributed by atoms with E-state index in [9.17, 15) is 9.90 Å². The quantitative estimate of drug-likeness (QED) is 0.0814. The molecule has 0 spiro atoms. The molecule has 2 aromatic carbocycles. The first-order valence-electron chi connectivity index (χ1n) is 17.5. The molecule has 263 valence electrons. The van der Waals surface area contributed by atoms with Crippen molar-refractivity contribution in [3.63, 3.8) is 0 Å². The summed E-state index contributed by atoms with van der Waals surface area (Å²) >= 11 is 1.76. The van der Waals surface area contributed by atoms with Crippen molar-refractivity contribution in [3.8, 4) is 22.6 Å². The SMILES string of the molecule is CC(C)Cc1csc2c(-c3cc(-c4[c-]c5ccccc5c(C(C)(C)C)c4)ncn3)nccc12.CCC(CC)C(=O)/C=C(\O)C(CC)CC.[Ir]. The molecule has 3 aromatic heterocycles. The van der Waals surface area contributed by atoms with Gasteiger partial charge in [-0.25, -0.2) is 4.98 Å². The van der Waals surface area contributed by atoms with E-state index in [1.807, 2.05) is 33.9 Å². The van der Waals surface area contributed by atoms with E-state index in [-0.39, 0.29) is 48.9 Å². The number of fused-ring (bicyclic) bond motifs is 2. The van der Waals surface area contributed by atoms with Crippen LogP contribution >= 0.6 is 11.3 Å². The zero-order chi connectivity index (χ0) is 35.0. The number of benzene rings is 2. The number of aliphatic hydroxyl groups is 1. The van der Waals surface area contributed by atoms with Gasteiger partial charge in [-0.1, -0.05) is 91.5 Å². The van der Waals surface area contributed by atoms with Crippen LogP contribution in [0.25, 0.3) is 43.5 Å². The third-order valence-corrected chi connectivity index (χ3v) is 10.1. The van der Waals surface area contributed by atoms with E-state index in [1.54, 1.807) is 17.7 Å². The van der Waals surface area contributed by atoms with E-state index in [0.29, 0.717) is 5.92 Å². The molecule has 0 amide bonds. The number of carbonyl (C=O) groups is 1. The second kappa shape index (κ2) is 18.1. The first kappa shape index (κ1) is 40.2. The second-order valence-electron chi connectivity index (χ2n) is 14.1. The molecule has 0 aliphatic rings. The Labute approximate surface area is 311 Å². The van der Waals surface area contributed by atoms with E-state index in [1.165, 1.54) is 32.7 Å². The van der Waals surface area contributed by atoms with Gasteiger partial charge in [0.15, 0.2) is 5.78 Å². The number of ketones is 1. The molecule has 1 N–H and O–H groups in total. The largest absolute Gasteiger partial charge is 0.512 e. The predicted molar refractivity (Wildman–Crippen MR) is 204 cm³/mol. The molecule has 5 rings (SSSR count). The molecule has 7 heteroatoms. The summed E-state index contributed by atoms with van der Waals surface area (Å²) in [5, 5.41) is 15.7. The average Bonchev–Trinajstić information content (AvgIpc) is 3.47. The number of aliphatic hydroxyl groups excluding tert-OH is 1. The summed E-state index contributed by atoms with van der Waals surface area (Å²) in [7, 11) is 0. The number of rotatable bonds is 11. The van der Waals surface area contributed by atoms with Gasteiger partial charge < -0.3 is 5.11 Å². The average molecular weight is 855 g/mol. The smallest absolute Gasteiger partial charge is 0.162 e. The number of nitrogens with zero attached hydrogens (tertiary/aromatic N) is 3. The first-order valence-corrected chi connectivity index (χ1v) is 18.4. The van der Waals surface area contributed by atoms with Crippen molar-refractivity contribution in [2.24, 2.45) is 17.8 Å². The number of hydrogen-bond acceptors (Lipinski definition) is 6. The Morgan fingerprint density at radius 3 is 2.18 bits per heavy atom. The van der Waals surface area contributed by atoms with Crippen molar-refractivity contribution in [3.05, 3.63) is 89.4 Å². The fourth-order valence-corrected chi connectivity index (χ4v) is 7.27. The Morgan fingerprint density at radius 2 is 1.55 bits per heavy atom. The molecule has 5 nitrogen and oxygen atoms in total. The maximum absolute atomic E-state index is 11.7. The number of allylic oxidation sites excluding steroid dienone is 2. The van der Waals surface area contributed by atoms with Crippen molar-refractivity contribution < 1.29 is 30.0 Å². The molecule has 5 aromatic rings. The van der Waals surface area contributed by atoms with Crippen LogP contribution in [0.5, 0.6) is 0 Å². The third kappa shape index (κ3) is 9.93. The van der Waals surface area contributed by atoms with Crippen LogP contribution in [0.3, 0.4) is 0 Å². The topological polar surface area (TPSA) is 76.0 Å². The minimum Gasteiger partial charge on any atom is -0.512 e. The van der Waals surface area contributed by atoms with Gasteiger partial charge in [-0.15, -0.1) is 40.5 Å². The van der Waals surface area contributed by atoms with Gasteiger partial charge in [0.25, 0.3) is 0 Å². The molecule has 0 aliphatic carbocycles. The van der Waals surface area contributed by atoms with Crippen LogP contribution < -0.4 is 0 Å². The van der Waals surface area contributed by atoms with Crippen molar-refractivity contribution in [2.45, 2.75) is 99.8 Å². The molecule has 3 heterocycles. The molecule has 0 bridgehead atoms. The number of carbonyl (C=O) groups excluding carboxylic acids is 1. The van der Waals surface area contributed by atoms with Gasteiger partial charge in [-0.2, -0.15) is 0 Å². The zero-order valence-electron chi connectivity index (χ0n) is 30.6. The Bertz CT molecular complexity index is 1860. The van der Waals surface area contributed by atoms with Crippen LogP contribution in [0.2, 0.25) is 0 Å². The van der Waals surface area contributed by atoms with Gasteiger partial charge in [0.2, 0.25) is 0 Å². The molecule has 0 saturated carbocycles. The minimum atomic E-state index is 0. The summed E-state index contributed by atoms with van der Waals surface area (Å²) in [6, 6.07) is 18.5. The van der Waals surface area contributed by atoms with Gasteiger partial charge in [-0.05, 0) is 71.9 Å². The third-order valence-electron chi connectivity index (χ3n) is 9.05. The van der Waals surface area contributed by atoms with Crippen molar-refractivity contribution >= 4 is 38.0 Å². The predicted octanol–water partition coefficient (Wildman–Crippen LogP) is 11.7. The molecule has 0 aliphatic heterocycles. The van der Waals surface area contributed by atoms with Crippen LogP contribution in [0.1, 0.15) is 99.1 Å². The molecule has 1 radical (unpaired) electrons. The molecule has 0 unspecified atom stereocenters. The van der Waals surface area contributed by atoms with E-state index in [2.05, 4.69) is 98.5 Å². The number of hydrogen-bond donors (Lipinski definition) is 1. The Hall–Kier alpha value is -3.25. The molecule has 49 heavy (non-hydrogen) atoms. The van der Waals surface area contributed by atoms with E-state index in [4.69, 9.17) is 4.98 Å². The van der Waals surface area contributed by atoms with Gasteiger partial charge >= 0.3 is 0 Å². The van der Waals surface area contributed by atoms with Crippen LogP contribution in [0, 0.1) is 23.8 Å². The Balaban J connectivity index is 0.000000347. The van der Waals surface area contributed by atoms with Crippen LogP contribution in [0.15, 0.2) is 72.2 Å². The van der Waals surface area contributed by atoms with E-state index in [0.717, 1.165) is 60.1 Å². The fourth-order valence-electron chi connectivity index (χ4n) is 6.20. The summed E-state index contributed by atoms with van der Waals surface area (Å²) in [5.41, 5.74) is 6.32. The normalized spacial score (nSPS) is 12.0. The van der Waals surface area contributed by atoms with Crippen molar-refractivity contribution in [2.75, 3.05) is 0 Å². The van der Waals surface area contributed by atoms with Crippen LogP contribution in [-0.4, -0.2) is 25.8 Å². The number of aromatic nitrogens is 3. The molecular weight excluding hydrogens is 803 g/mol. The van der Waals surface area contributed by atoms with Crippen molar-refractivity contribution in [1.29, 1.82) is 0 Å². The molecule has 0 fully saturated rings. The fraction of sp³-hybridized carbons (Fsp3) is 0.429. The van der Waals surface area contributed by atoms with Gasteiger partial charge in [0, 0.05) is 49.9 Å². The minimum absolute atomic E-state index is 0. The summed E-state index contributed by atoms with van der Waals surface area (Å²) in [4.78, 5) is 25.7. The van der Waals surface area contributed by atoms with Gasteiger partial charge in [-0.3, -0.25) is 14.8 Å². The summed E-state index contributed by atoms with van der Waals surface area (Å²) in [6.07, 6.45) is 9.52. The zero-order valence-corrected chi connectivity index (χ0v) is 33.8. The first-order chi connectivity index (χ1) is 22.9. The number of thiophene rings is 1. The van der Waals surface area contributed by atoms with E-state index < -0.39 is 0 Å². The molecule has 0 atom stereocenters. The number of pyridine rings is 1.